The van der Waals surface area contributed by atoms with Gasteiger partial charge in [0, 0.05) is 13.1 Å². The lowest BCUT2D eigenvalue weighted by atomic mass is 10.4. The normalized spacial score (nSPS) is 10.8. The Bertz CT molecular complexity index is 256. The van der Waals surface area contributed by atoms with Crippen molar-refractivity contribution in [3.63, 3.8) is 0 Å². The van der Waals surface area contributed by atoms with E-state index in [4.69, 9.17) is 0 Å². The zero-order chi connectivity index (χ0) is 11.0. The van der Waals surface area contributed by atoms with Crippen LogP contribution in [0.1, 0.15) is 6.92 Å². The molecule has 0 aromatic rings. The molecule has 1 amide bonds. The topological polar surface area (TPSA) is 46.6 Å². The molecule has 0 aliphatic rings. The highest BCUT2D eigenvalue weighted by Crippen LogP contribution is 1.89. The SMILES string of the molecule is C/C=C/C=C/C(=O)N(C)CC(=O)OC. The Morgan fingerprint density at radius 2 is 2.00 bits per heavy atom. The highest BCUT2D eigenvalue weighted by atomic mass is 16.5. The monoisotopic (exact) mass is 197 g/mol. The summed E-state index contributed by atoms with van der Waals surface area (Å²) in [5.74, 6) is -0.659. The molecule has 0 heterocycles. The minimum Gasteiger partial charge on any atom is -0.468 e. The number of esters is 1. The first-order valence-corrected chi connectivity index (χ1v) is 4.23. The van der Waals surface area contributed by atoms with Crippen molar-refractivity contribution < 1.29 is 14.3 Å². The molecule has 0 unspecified atom stereocenters. The van der Waals surface area contributed by atoms with Gasteiger partial charge in [0.05, 0.1) is 7.11 Å². The molecule has 0 rings (SSSR count). The van der Waals surface area contributed by atoms with Crippen LogP contribution in [0.3, 0.4) is 0 Å². The Morgan fingerprint density at radius 3 is 2.50 bits per heavy atom. The summed E-state index contributed by atoms with van der Waals surface area (Å²) >= 11 is 0. The second kappa shape index (κ2) is 6.88. The zero-order valence-corrected chi connectivity index (χ0v) is 8.69. The van der Waals surface area contributed by atoms with Crippen molar-refractivity contribution in [2.75, 3.05) is 20.7 Å². The summed E-state index contributed by atoms with van der Waals surface area (Å²) in [6.45, 7) is 1.82. The fourth-order valence-electron chi connectivity index (χ4n) is 0.712. The maximum absolute atomic E-state index is 11.3. The number of nitrogens with zero attached hydrogens (tertiary/aromatic N) is 1. The number of allylic oxidation sites excluding steroid dienone is 3. The van der Waals surface area contributed by atoms with E-state index in [-0.39, 0.29) is 12.5 Å². The van der Waals surface area contributed by atoms with Crippen molar-refractivity contribution in [3.8, 4) is 0 Å². The third-order valence-electron chi connectivity index (χ3n) is 1.51. The van der Waals surface area contributed by atoms with Gasteiger partial charge in [0.15, 0.2) is 0 Å². The molecule has 0 fully saturated rings. The van der Waals surface area contributed by atoms with Crippen molar-refractivity contribution in [3.05, 3.63) is 24.3 Å². The van der Waals surface area contributed by atoms with Gasteiger partial charge in [-0.15, -0.1) is 0 Å². The maximum Gasteiger partial charge on any atom is 0.325 e. The standard InChI is InChI=1S/C10H15NO3/c1-4-5-6-7-9(12)11(2)8-10(13)14-3/h4-7H,8H2,1-3H3/b5-4+,7-6+. The predicted molar refractivity (Wildman–Crippen MR) is 53.6 cm³/mol. The fraction of sp³-hybridized carbons (Fsp3) is 0.400. The summed E-state index contributed by atoms with van der Waals surface area (Å²) in [6.07, 6.45) is 6.56. The van der Waals surface area contributed by atoms with Crippen LogP contribution in [0, 0.1) is 0 Å². The summed E-state index contributed by atoms with van der Waals surface area (Å²) in [5.41, 5.74) is 0. The highest BCUT2D eigenvalue weighted by Gasteiger charge is 2.09. The molecule has 0 saturated carbocycles. The number of amides is 1. The fourth-order valence-corrected chi connectivity index (χ4v) is 0.712. The molecule has 0 bridgehead atoms. The van der Waals surface area contributed by atoms with Crippen molar-refractivity contribution in [2.45, 2.75) is 6.92 Å². The molecule has 0 N–H and O–H groups in total. The van der Waals surface area contributed by atoms with E-state index >= 15 is 0 Å². The number of carbonyl (C=O) groups is 2. The summed E-state index contributed by atoms with van der Waals surface area (Å²) in [6, 6.07) is 0. The second-order valence-corrected chi connectivity index (χ2v) is 2.66. The molecule has 0 aromatic carbocycles. The summed E-state index contributed by atoms with van der Waals surface area (Å²) < 4.78 is 4.43. The van der Waals surface area contributed by atoms with Crippen LogP contribution in [0.2, 0.25) is 0 Å². The minimum absolute atomic E-state index is 0.0322. The zero-order valence-electron chi connectivity index (χ0n) is 8.69. The number of methoxy groups -OCH3 is 1. The molecule has 78 valence electrons. The van der Waals surface area contributed by atoms with E-state index in [0.29, 0.717) is 0 Å². The summed E-state index contributed by atoms with van der Waals surface area (Å²) in [5, 5.41) is 0. The van der Waals surface area contributed by atoms with Crippen LogP contribution >= 0.6 is 0 Å². The molecule has 0 atom stereocenters. The lowest BCUT2D eigenvalue weighted by Crippen LogP contribution is -2.31. The van der Waals surface area contributed by atoms with Gasteiger partial charge in [0.2, 0.25) is 5.91 Å². The Kier molecular flexibility index (Phi) is 6.11. The lowest BCUT2D eigenvalue weighted by Gasteiger charge is -2.12. The van der Waals surface area contributed by atoms with E-state index < -0.39 is 5.97 Å². The van der Waals surface area contributed by atoms with E-state index in [1.54, 1.807) is 19.2 Å². The van der Waals surface area contributed by atoms with Crippen LogP contribution in [0.4, 0.5) is 0 Å². The molecule has 4 nitrogen and oxygen atoms in total. The van der Waals surface area contributed by atoms with E-state index in [1.165, 1.54) is 18.1 Å². The molecular weight excluding hydrogens is 182 g/mol. The van der Waals surface area contributed by atoms with Gasteiger partial charge in [0.25, 0.3) is 0 Å². The smallest absolute Gasteiger partial charge is 0.325 e. The molecule has 0 spiro atoms. The van der Waals surface area contributed by atoms with E-state index in [2.05, 4.69) is 4.74 Å². The van der Waals surface area contributed by atoms with Gasteiger partial charge in [-0.1, -0.05) is 18.2 Å². The van der Waals surface area contributed by atoms with Crippen molar-refractivity contribution in [1.82, 2.24) is 4.90 Å². The largest absolute Gasteiger partial charge is 0.468 e. The first-order valence-electron chi connectivity index (χ1n) is 4.23. The Labute approximate surface area is 83.8 Å². The van der Waals surface area contributed by atoms with Crippen LogP contribution in [0.5, 0.6) is 0 Å². The molecular formula is C10H15NO3. The highest BCUT2D eigenvalue weighted by molar-refractivity contribution is 5.90. The first-order chi connectivity index (χ1) is 6.61. The van der Waals surface area contributed by atoms with Crippen molar-refractivity contribution in [1.29, 1.82) is 0 Å². The third-order valence-corrected chi connectivity index (χ3v) is 1.51. The number of rotatable bonds is 4. The van der Waals surface area contributed by atoms with Crippen LogP contribution in [0.15, 0.2) is 24.3 Å². The molecule has 0 aliphatic heterocycles. The van der Waals surface area contributed by atoms with Crippen LogP contribution < -0.4 is 0 Å². The van der Waals surface area contributed by atoms with Crippen molar-refractivity contribution >= 4 is 11.9 Å². The van der Waals surface area contributed by atoms with Crippen LogP contribution in [-0.2, 0) is 14.3 Å². The average molecular weight is 197 g/mol. The van der Waals surface area contributed by atoms with Gasteiger partial charge in [0.1, 0.15) is 6.54 Å². The molecule has 4 heteroatoms. The lowest BCUT2D eigenvalue weighted by molar-refractivity contribution is -0.144. The number of carbonyl (C=O) groups excluding carboxylic acids is 2. The van der Waals surface area contributed by atoms with E-state index in [9.17, 15) is 9.59 Å². The van der Waals surface area contributed by atoms with E-state index in [1.807, 2.05) is 13.0 Å². The van der Waals surface area contributed by atoms with Gasteiger partial charge < -0.3 is 9.64 Å². The predicted octanol–water partition coefficient (Wildman–Crippen LogP) is 0.750. The van der Waals surface area contributed by atoms with Crippen molar-refractivity contribution in [2.24, 2.45) is 0 Å². The molecule has 0 saturated heterocycles. The first kappa shape index (κ1) is 12.4. The van der Waals surface area contributed by atoms with Gasteiger partial charge >= 0.3 is 5.97 Å². The van der Waals surface area contributed by atoms with Gasteiger partial charge in [-0.25, -0.2) is 0 Å². The minimum atomic E-state index is -0.430. The maximum atomic E-state index is 11.3. The number of ether oxygens (including phenoxy) is 1. The quantitative estimate of drug-likeness (QED) is 0.379. The van der Waals surface area contributed by atoms with Crippen LogP contribution in [0.25, 0.3) is 0 Å². The number of hydrogen-bond acceptors (Lipinski definition) is 3. The molecule has 0 aliphatic carbocycles. The third kappa shape index (κ3) is 5.13. The van der Waals surface area contributed by atoms with E-state index in [0.717, 1.165) is 0 Å². The second-order valence-electron chi connectivity index (χ2n) is 2.66. The number of likely N-dealkylation sites (N-methyl/N-ethyl adjacent to an activating group) is 1. The Morgan fingerprint density at radius 1 is 1.36 bits per heavy atom. The molecule has 0 radical (unpaired) electrons. The number of hydrogen-bond donors (Lipinski definition) is 0. The van der Waals surface area contributed by atoms with Gasteiger partial charge in [-0.3, -0.25) is 9.59 Å². The van der Waals surface area contributed by atoms with Gasteiger partial charge in [-0.2, -0.15) is 0 Å². The summed E-state index contributed by atoms with van der Waals surface area (Å²) in [7, 11) is 2.83. The van der Waals surface area contributed by atoms with Crippen LogP contribution in [-0.4, -0.2) is 37.5 Å². The Hall–Kier alpha value is -1.58. The Balaban J connectivity index is 4.05. The summed E-state index contributed by atoms with van der Waals surface area (Å²) in [4.78, 5) is 23.4. The molecule has 0 aromatic heterocycles. The molecule has 14 heavy (non-hydrogen) atoms. The average Bonchev–Trinajstić information content (AvgIpc) is 2.17. The van der Waals surface area contributed by atoms with Gasteiger partial charge in [-0.05, 0) is 6.92 Å².